The largest absolute Gasteiger partial charge is 0.103 e. The van der Waals surface area contributed by atoms with Crippen molar-refractivity contribution in [3.05, 3.63) is 48.0 Å². The van der Waals surface area contributed by atoms with E-state index in [4.69, 9.17) is 0 Å². The smallest absolute Gasteiger partial charge is 0.0550 e. The van der Waals surface area contributed by atoms with Crippen LogP contribution in [-0.2, 0) is 11.5 Å². The molecule has 0 aromatic heterocycles. The summed E-state index contributed by atoms with van der Waals surface area (Å²) < 4.78 is 0. The fourth-order valence-corrected chi connectivity index (χ4v) is 2.69. The van der Waals surface area contributed by atoms with Crippen LogP contribution < -0.4 is 0 Å². The quantitative estimate of drug-likeness (QED) is 0.527. The summed E-state index contributed by atoms with van der Waals surface area (Å²) in [7, 11) is -1.18. The Balaban J connectivity index is 3.01. The third-order valence-electron chi connectivity index (χ3n) is 3.93. The third-order valence-corrected chi connectivity index (χ3v) is 7.97. The Morgan fingerprint density at radius 2 is 1.62 bits per heavy atom. The molecular formula is C15H24Si. The van der Waals surface area contributed by atoms with Crippen LogP contribution in [0.4, 0.5) is 0 Å². The number of hydrogen-bond acceptors (Lipinski definition) is 0. The molecule has 0 saturated heterocycles. The average Bonchev–Trinajstić information content (AvgIpc) is 2.17. The molecule has 0 aliphatic heterocycles. The topological polar surface area (TPSA) is 0 Å². The van der Waals surface area contributed by atoms with Gasteiger partial charge in [0.05, 0.1) is 8.07 Å². The molecule has 0 aliphatic rings. The molecule has 0 amide bonds. The molecule has 0 nitrogen and oxygen atoms in total. The first-order valence-corrected chi connectivity index (χ1v) is 9.49. The van der Waals surface area contributed by atoms with Crippen molar-refractivity contribution in [3.8, 4) is 0 Å². The lowest BCUT2D eigenvalue weighted by Gasteiger charge is -2.37. The second-order valence-electron chi connectivity index (χ2n) is 6.06. The first-order chi connectivity index (χ1) is 7.29. The van der Waals surface area contributed by atoms with Gasteiger partial charge in [-0.2, -0.15) is 0 Å². The number of rotatable bonds is 4. The van der Waals surface area contributed by atoms with Gasteiger partial charge in [0.25, 0.3) is 0 Å². The van der Waals surface area contributed by atoms with Crippen molar-refractivity contribution in [2.24, 2.45) is 0 Å². The predicted molar refractivity (Wildman–Crippen MR) is 76.7 cm³/mol. The zero-order valence-corrected chi connectivity index (χ0v) is 12.3. The molecule has 0 radical (unpaired) electrons. The fraction of sp³-hybridized carbons (Fsp3) is 0.467. The minimum atomic E-state index is -1.18. The summed E-state index contributed by atoms with van der Waals surface area (Å²) in [6.45, 7) is 15.8. The summed E-state index contributed by atoms with van der Waals surface area (Å²) in [6, 6.07) is 9.05. The van der Waals surface area contributed by atoms with Crippen LogP contribution in [-0.4, -0.2) is 8.07 Å². The minimum Gasteiger partial charge on any atom is -0.103 e. The molecule has 0 N–H and O–H groups in total. The van der Waals surface area contributed by atoms with Gasteiger partial charge in [-0.1, -0.05) is 63.8 Å². The van der Waals surface area contributed by atoms with Crippen molar-refractivity contribution in [1.29, 1.82) is 0 Å². The van der Waals surface area contributed by atoms with E-state index in [0.717, 1.165) is 6.42 Å². The van der Waals surface area contributed by atoms with Crippen molar-refractivity contribution >= 4 is 8.07 Å². The highest BCUT2D eigenvalue weighted by molar-refractivity contribution is 6.78. The summed E-state index contributed by atoms with van der Waals surface area (Å²) in [5, 5.41) is 0.333. The molecule has 0 aliphatic carbocycles. The number of hydrogen-bond donors (Lipinski definition) is 0. The van der Waals surface area contributed by atoms with Gasteiger partial charge in [0, 0.05) is 0 Å². The molecule has 1 rings (SSSR count). The lowest BCUT2D eigenvalue weighted by Crippen LogP contribution is -2.44. The highest BCUT2D eigenvalue weighted by Gasteiger charge is 2.35. The summed E-state index contributed by atoms with van der Waals surface area (Å²) in [6.07, 6.45) is 2.92. The van der Waals surface area contributed by atoms with E-state index in [1.54, 1.807) is 0 Å². The molecule has 0 atom stereocenters. The van der Waals surface area contributed by atoms with Crippen LogP contribution >= 0.6 is 0 Å². The lowest BCUT2D eigenvalue weighted by atomic mass is 10.00. The Morgan fingerprint density at radius 3 is 2.00 bits per heavy atom. The molecule has 0 saturated carbocycles. The molecule has 1 aromatic carbocycles. The summed E-state index contributed by atoms with van der Waals surface area (Å²) in [5.41, 5.74) is 2.82. The van der Waals surface area contributed by atoms with Crippen molar-refractivity contribution in [1.82, 2.24) is 0 Å². The summed E-state index contributed by atoms with van der Waals surface area (Å²) in [5.74, 6) is 0. The van der Waals surface area contributed by atoms with Crippen LogP contribution in [0.15, 0.2) is 36.9 Å². The van der Waals surface area contributed by atoms with E-state index in [9.17, 15) is 0 Å². The van der Waals surface area contributed by atoms with Crippen LogP contribution in [0.5, 0.6) is 0 Å². The monoisotopic (exact) mass is 232 g/mol. The second-order valence-corrected chi connectivity index (χ2v) is 11.8. The van der Waals surface area contributed by atoms with Crippen molar-refractivity contribution in [2.45, 2.75) is 44.9 Å². The van der Waals surface area contributed by atoms with E-state index in [2.05, 4.69) is 64.3 Å². The van der Waals surface area contributed by atoms with Crippen LogP contribution in [0, 0.1) is 0 Å². The SMILES string of the molecule is C=CCc1ccc(C(C)(C)[Si](C)(C)C)cc1. The number of benzene rings is 1. The van der Waals surface area contributed by atoms with Gasteiger partial charge in [-0.05, 0) is 22.6 Å². The van der Waals surface area contributed by atoms with Crippen molar-refractivity contribution < 1.29 is 0 Å². The highest BCUT2D eigenvalue weighted by atomic mass is 28.3. The molecule has 0 fully saturated rings. The maximum Gasteiger partial charge on any atom is 0.0550 e. The number of allylic oxidation sites excluding steroid dienone is 1. The van der Waals surface area contributed by atoms with Crippen molar-refractivity contribution in [2.75, 3.05) is 0 Å². The average molecular weight is 232 g/mol. The van der Waals surface area contributed by atoms with Gasteiger partial charge in [-0.25, -0.2) is 0 Å². The van der Waals surface area contributed by atoms with Crippen molar-refractivity contribution in [3.63, 3.8) is 0 Å². The Morgan fingerprint density at radius 1 is 1.12 bits per heavy atom. The van der Waals surface area contributed by atoms with Gasteiger partial charge in [0.15, 0.2) is 0 Å². The Kier molecular flexibility index (Phi) is 3.79. The fourth-order valence-electron chi connectivity index (χ4n) is 1.66. The molecule has 0 spiro atoms. The van der Waals surface area contributed by atoms with Gasteiger partial charge in [0.2, 0.25) is 0 Å². The third kappa shape index (κ3) is 2.65. The summed E-state index contributed by atoms with van der Waals surface area (Å²) >= 11 is 0. The molecule has 88 valence electrons. The molecule has 0 heterocycles. The standard InChI is InChI=1S/C15H24Si/c1-7-8-13-9-11-14(12-10-13)15(2,3)16(4,5)6/h7,9-12H,1,8H2,2-6H3. The van der Waals surface area contributed by atoms with E-state index in [1.165, 1.54) is 11.1 Å². The van der Waals surface area contributed by atoms with Crippen LogP contribution in [0.2, 0.25) is 19.6 Å². The maximum absolute atomic E-state index is 3.77. The van der Waals surface area contributed by atoms with Gasteiger partial charge < -0.3 is 0 Å². The molecule has 1 heteroatoms. The van der Waals surface area contributed by atoms with Crippen LogP contribution in [0.25, 0.3) is 0 Å². The van der Waals surface area contributed by atoms with Crippen LogP contribution in [0.3, 0.4) is 0 Å². The maximum atomic E-state index is 3.77. The van der Waals surface area contributed by atoms with Gasteiger partial charge in [-0.3, -0.25) is 0 Å². The predicted octanol–water partition coefficient (Wildman–Crippen LogP) is 4.57. The zero-order valence-electron chi connectivity index (χ0n) is 11.3. The lowest BCUT2D eigenvalue weighted by molar-refractivity contribution is 0.720. The molecular weight excluding hydrogens is 208 g/mol. The molecule has 0 unspecified atom stereocenters. The van der Waals surface area contributed by atoms with E-state index in [0.29, 0.717) is 5.04 Å². The van der Waals surface area contributed by atoms with E-state index < -0.39 is 8.07 Å². The first-order valence-electron chi connectivity index (χ1n) is 5.99. The zero-order chi connectivity index (χ0) is 12.4. The Bertz CT molecular complexity index is 352. The Hall–Kier alpha value is -0.823. The summed E-state index contributed by atoms with van der Waals surface area (Å²) in [4.78, 5) is 0. The van der Waals surface area contributed by atoms with E-state index in [1.807, 2.05) is 6.08 Å². The van der Waals surface area contributed by atoms with Gasteiger partial charge in [-0.15, -0.1) is 6.58 Å². The van der Waals surface area contributed by atoms with Gasteiger partial charge >= 0.3 is 0 Å². The highest BCUT2D eigenvalue weighted by Crippen LogP contribution is 2.33. The second kappa shape index (κ2) is 4.58. The van der Waals surface area contributed by atoms with E-state index >= 15 is 0 Å². The van der Waals surface area contributed by atoms with Crippen LogP contribution in [0.1, 0.15) is 25.0 Å². The normalized spacial score (nSPS) is 12.6. The van der Waals surface area contributed by atoms with Gasteiger partial charge in [0.1, 0.15) is 0 Å². The molecule has 16 heavy (non-hydrogen) atoms. The van der Waals surface area contributed by atoms with E-state index in [-0.39, 0.29) is 0 Å². The minimum absolute atomic E-state index is 0.333. The molecule has 0 bridgehead atoms. The molecule has 1 aromatic rings. The first kappa shape index (κ1) is 13.2. The Labute approximate surface area is 101 Å².